The number of nitrogens with zero attached hydrogens (tertiary/aromatic N) is 1. The number of thioether (sulfide) groups is 1. The van der Waals surface area contributed by atoms with Crippen molar-refractivity contribution in [2.45, 2.75) is 23.8 Å². The number of hydrogen-bond donors (Lipinski definition) is 1. The molecule has 1 aromatic rings. The Morgan fingerprint density at radius 2 is 1.94 bits per heavy atom. The van der Waals surface area contributed by atoms with Gasteiger partial charge in [-0.2, -0.15) is 0 Å². The topological polar surface area (TPSA) is 46.3 Å². The standard InChI is InChI=1S/C13H18N2OS/c14-11-6-8-15(9-7-11)13(16)10-17-12-4-2-1-3-5-12/h1-5,11H,6-10,14H2. The molecule has 17 heavy (non-hydrogen) atoms. The van der Waals surface area contributed by atoms with Crippen LogP contribution in [0.15, 0.2) is 35.2 Å². The number of carbonyl (C=O) groups excluding carboxylic acids is 1. The van der Waals surface area contributed by atoms with Gasteiger partial charge in [0, 0.05) is 24.0 Å². The molecule has 0 aromatic heterocycles. The SMILES string of the molecule is NC1CCN(C(=O)CSc2ccccc2)CC1. The van der Waals surface area contributed by atoms with Gasteiger partial charge in [-0.15, -0.1) is 11.8 Å². The molecule has 0 aliphatic carbocycles. The fraction of sp³-hybridized carbons (Fsp3) is 0.462. The van der Waals surface area contributed by atoms with Crippen LogP contribution in [0.3, 0.4) is 0 Å². The molecule has 1 fully saturated rings. The van der Waals surface area contributed by atoms with Crippen LogP contribution in [0, 0.1) is 0 Å². The van der Waals surface area contributed by atoms with Crippen molar-refractivity contribution in [3.63, 3.8) is 0 Å². The second kappa shape index (κ2) is 6.07. The molecule has 0 saturated carbocycles. The van der Waals surface area contributed by atoms with Crippen molar-refractivity contribution in [1.29, 1.82) is 0 Å². The Labute approximate surface area is 106 Å². The van der Waals surface area contributed by atoms with Gasteiger partial charge in [0.05, 0.1) is 5.75 Å². The number of hydrogen-bond acceptors (Lipinski definition) is 3. The third-order valence-corrected chi connectivity index (χ3v) is 3.99. The van der Waals surface area contributed by atoms with Crippen molar-refractivity contribution < 1.29 is 4.79 Å². The molecule has 92 valence electrons. The second-order valence-corrected chi connectivity index (χ2v) is 5.37. The molecule has 0 spiro atoms. The van der Waals surface area contributed by atoms with Crippen molar-refractivity contribution in [3.05, 3.63) is 30.3 Å². The van der Waals surface area contributed by atoms with Crippen LogP contribution in [0.4, 0.5) is 0 Å². The van der Waals surface area contributed by atoms with Crippen LogP contribution in [-0.2, 0) is 4.79 Å². The number of nitrogens with two attached hydrogens (primary N) is 1. The van der Waals surface area contributed by atoms with Gasteiger partial charge in [0.15, 0.2) is 0 Å². The van der Waals surface area contributed by atoms with Crippen molar-refractivity contribution in [3.8, 4) is 0 Å². The van der Waals surface area contributed by atoms with Gasteiger partial charge in [0.25, 0.3) is 0 Å². The Kier molecular flexibility index (Phi) is 4.45. The zero-order valence-corrected chi connectivity index (χ0v) is 10.7. The molecule has 2 rings (SSSR count). The van der Waals surface area contributed by atoms with Crippen LogP contribution in [0.25, 0.3) is 0 Å². The summed E-state index contributed by atoms with van der Waals surface area (Å²) < 4.78 is 0. The summed E-state index contributed by atoms with van der Waals surface area (Å²) >= 11 is 1.60. The number of piperidine rings is 1. The lowest BCUT2D eigenvalue weighted by Crippen LogP contribution is -2.43. The Hall–Kier alpha value is -1.00. The summed E-state index contributed by atoms with van der Waals surface area (Å²) in [5, 5.41) is 0. The number of likely N-dealkylation sites (tertiary alicyclic amines) is 1. The first-order valence-electron chi connectivity index (χ1n) is 5.97. The van der Waals surface area contributed by atoms with E-state index in [0.717, 1.165) is 30.8 Å². The summed E-state index contributed by atoms with van der Waals surface area (Å²) in [4.78, 5) is 15.0. The van der Waals surface area contributed by atoms with Crippen LogP contribution in [0.5, 0.6) is 0 Å². The maximum Gasteiger partial charge on any atom is 0.232 e. The zero-order chi connectivity index (χ0) is 12.1. The molecule has 1 aliphatic rings. The van der Waals surface area contributed by atoms with E-state index in [2.05, 4.69) is 0 Å². The fourth-order valence-corrected chi connectivity index (χ4v) is 2.72. The Balaban J connectivity index is 1.78. The Bertz CT molecular complexity index is 361. The maximum atomic E-state index is 11.9. The van der Waals surface area contributed by atoms with Crippen LogP contribution >= 0.6 is 11.8 Å². The molecule has 4 heteroatoms. The largest absolute Gasteiger partial charge is 0.342 e. The van der Waals surface area contributed by atoms with Crippen molar-refractivity contribution in [1.82, 2.24) is 4.90 Å². The van der Waals surface area contributed by atoms with Crippen LogP contribution in [-0.4, -0.2) is 35.7 Å². The number of carbonyl (C=O) groups is 1. The molecule has 0 atom stereocenters. The molecule has 3 nitrogen and oxygen atoms in total. The molecule has 1 saturated heterocycles. The molecule has 0 bridgehead atoms. The molecule has 1 heterocycles. The first-order chi connectivity index (χ1) is 8.25. The highest BCUT2D eigenvalue weighted by molar-refractivity contribution is 8.00. The Morgan fingerprint density at radius 1 is 1.29 bits per heavy atom. The minimum absolute atomic E-state index is 0.228. The summed E-state index contributed by atoms with van der Waals surface area (Å²) in [6.45, 7) is 1.63. The Morgan fingerprint density at radius 3 is 2.59 bits per heavy atom. The molecular weight excluding hydrogens is 232 g/mol. The second-order valence-electron chi connectivity index (χ2n) is 4.32. The van der Waals surface area contributed by atoms with E-state index in [9.17, 15) is 4.79 Å². The van der Waals surface area contributed by atoms with Crippen LogP contribution < -0.4 is 5.73 Å². The van der Waals surface area contributed by atoms with Crippen molar-refractivity contribution >= 4 is 17.7 Å². The summed E-state index contributed by atoms with van der Waals surface area (Å²) in [6, 6.07) is 10.3. The van der Waals surface area contributed by atoms with E-state index in [1.807, 2.05) is 35.2 Å². The molecule has 0 radical (unpaired) electrons. The van der Waals surface area contributed by atoms with E-state index in [4.69, 9.17) is 5.73 Å². The summed E-state index contributed by atoms with van der Waals surface area (Å²) in [6.07, 6.45) is 1.86. The molecule has 1 aromatic carbocycles. The number of amides is 1. The highest BCUT2D eigenvalue weighted by Gasteiger charge is 2.20. The fourth-order valence-electron chi connectivity index (χ4n) is 1.90. The van der Waals surface area contributed by atoms with E-state index < -0.39 is 0 Å². The van der Waals surface area contributed by atoms with Gasteiger partial charge in [-0.25, -0.2) is 0 Å². The van der Waals surface area contributed by atoms with Crippen molar-refractivity contribution in [2.75, 3.05) is 18.8 Å². The average Bonchev–Trinajstić information content (AvgIpc) is 2.38. The average molecular weight is 250 g/mol. The third kappa shape index (κ3) is 3.75. The van der Waals surface area contributed by atoms with Crippen LogP contribution in [0.1, 0.15) is 12.8 Å². The zero-order valence-electron chi connectivity index (χ0n) is 9.84. The van der Waals surface area contributed by atoms with Crippen molar-refractivity contribution in [2.24, 2.45) is 5.73 Å². The molecule has 2 N–H and O–H groups in total. The first-order valence-corrected chi connectivity index (χ1v) is 6.95. The van der Waals surface area contributed by atoms with E-state index in [1.165, 1.54) is 0 Å². The normalized spacial score (nSPS) is 17.1. The summed E-state index contributed by atoms with van der Waals surface area (Å²) in [5.41, 5.74) is 5.82. The van der Waals surface area contributed by atoms with E-state index in [1.54, 1.807) is 11.8 Å². The van der Waals surface area contributed by atoms with Gasteiger partial charge in [0.1, 0.15) is 0 Å². The predicted molar refractivity (Wildman–Crippen MR) is 71.0 cm³/mol. The van der Waals surface area contributed by atoms with Crippen LogP contribution in [0.2, 0.25) is 0 Å². The highest BCUT2D eigenvalue weighted by Crippen LogP contribution is 2.18. The summed E-state index contributed by atoms with van der Waals surface area (Å²) in [7, 11) is 0. The van der Waals surface area contributed by atoms with E-state index in [-0.39, 0.29) is 11.9 Å². The van der Waals surface area contributed by atoms with Gasteiger partial charge < -0.3 is 10.6 Å². The lowest BCUT2D eigenvalue weighted by atomic mass is 10.1. The van der Waals surface area contributed by atoms with E-state index >= 15 is 0 Å². The predicted octanol–water partition coefficient (Wildman–Crippen LogP) is 1.73. The first kappa shape index (κ1) is 12.5. The van der Waals surface area contributed by atoms with Gasteiger partial charge in [-0.1, -0.05) is 18.2 Å². The maximum absolute atomic E-state index is 11.9. The van der Waals surface area contributed by atoms with E-state index in [0.29, 0.717) is 5.75 Å². The highest BCUT2D eigenvalue weighted by atomic mass is 32.2. The minimum atomic E-state index is 0.228. The summed E-state index contributed by atoms with van der Waals surface area (Å²) in [5.74, 6) is 0.755. The quantitative estimate of drug-likeness (QED) is 0.831. The monoisotopic (exact) mass is 250 g/mol. The van der Waals surface area contributed by atoms with Gasteiger partial charge in [-0.3, -0.25) is 4.79 Å². The lowest BCUT2D eigenvalue weighted by Gasteiger charge is -2.30. The van der Waals surface area contributed by atoms with Gasteiger partial charge in [0.2, 0.25) is 5.91 Å². The lowest BCUT2D eigenvalue weighted by molar-refractivity contribution is -0.129. The smallest absolute Gasteiger partial charge is 0.232 e. The minimum Gasteiger partial charge on any atom is -0.342 e. The molecular formula is C13H18N2OS. The molecule has 1 aliphatic heterocycles. The molecule has 0 unspecified atom stereocenters. The van der Waals surface area contributed by atoms with Gasteiger partial charge in [-0.05, 0) is 25.0 Å². The van der Waals surface area contributed by atoms with Gasteiger partial charge >= 0.3 is 0 Å². The molecule has 1 amide bonds. The number of benzene rings is 1. The number of rotatable bonds is 3. The third-order valence-electron chi connectivity index (χ3n) is 3.00.